The molecule has 1 N–H and O–H groups in total. The molecule has 1 amide bonds. The zero-order valence-electron chi connectivity index (χ0n) is 28.6. The summed E-state index contributed by atoms with van der Waals surface area (Å²) in [4.78, 5) is 17.0. The lowest BCUT2D eigenvalue weighted by Crippen LogP contribution is -2.67. The fourth-order valence-corrected chi connectivity index (χ4v) is 11.9. The lowest BCUT2D eigenvalue weighted by atomic mass is 9.97. The van der Waals surface area contributed by atoms with Gasteiger partial charge in [0.25, 0.3) is 24.2 Å². The molecular weight excluding hydrogens is 680 g/mol. The highest BCUT2D eigenvalue weighted by Gasteiger charge is 2.50. The Morgan fingerprint density at radius 1 is 0.898 bits per heavy atom. The van der Waals surface area contributed by atoms with E-state index in [1.807, 2.05) is 16.9 Å². The van der Waals surface area contributed by atoms with E-state index in [1.165, 1.54) is 45.0 Å². The monoisotopic (exact) mass is 720 g/mol. The van der Waals surface area contributed by atoms with Crippen LogP contribution in [0.15, 0.2) is 96.2 Å². The highest BCUT2D eigenvalue weighted by molar-refractivity contribution is 7.90. The Labute approximate surface area is 293 Å². The lowest BCUT2D eigenvalue weighted by Gasteiger charge is -2.44. The third kappa shape index (κ3) is 7.80. The average Bonchev–Trinajstić information content (AvgIpc) is 3.66. The number of nitrogens with one attached hydrogen (secondary N) is 1. The van der Waals surface area contributed by atoms with Crippen LogP contribution < -0.4 is 19.8 Å². The van der Waals surface area contributed by atoms with E-state index in [4.69, 9.17) is 20.8 Å². The smallest absolute Gasteiger partial charge is 0.268 e. The molecule has 2 aromatic carbocycles. The molecule has 3 aromatic heterocycles. The Morgan fingerprint density at radius 2 is 1.51 bits per heavy atom. The van der Waals surface area contributed by atoms with Crippen LogP contribution in [0.3, 0.4) is 0 Å². The van der Waals surface area contributed by atoms with Gasteiger partial charge in [-0.15, -0.1) is 5.10 Å². The van der Waals surface area contributed by atoms with Gasteiger partial charge < -0.3 is 9.16 Å². The second kappa shape index (κ2) is 13.9. The normalized spacial score (nSPS) is 12.6. The first-order valence-corrected chi connectivity index (χ1v) is 19.5. The molecule has 0 spiro atoms. The van der Waals surface area contributed by atoms with Gasteiger partial charge in [0, 0.05) is 37.5 Å². The molecule has 0 fully saturated rings. The number of rotatable bonds is 12. The molecule has 0 unspecified atom stereocenters. The van der Waals surface area contributed by atoms with Crippen LogP contribution in [0, 0.1) is 12.3 Å². The van der Waals surface area contributed by atoms with Crippen molar-refractivity contribution in [2.75, 3.05) is 13.2 Å². The van der Waals surface area contributed by atoms with Gasteiger partial charge in [-0.1, -0.05) is 107 Å². The number of sulfonamides is 1. The van der Waals surface area contributed by atoms with E-state index in [1.54, 1.807) is 19.3 Å². The van der Waals surface area contributed by atoms with Crippen LogP contribution in [0.1, 0.15) is 50.7 Å². The maximum absolute atomic E-state index is 12.8. The summed E-state index contributed by atoms with van der Waals surface area (Å²) >= 11 is 6.34. The molecule has 5 aromatic rings. The molecule has 0 saturated heterocycles. The summed E-state index contributed by atoms with van der Waals surface area (Å²) in [5, 5.41) is 10.6. The molecule has 3 heterocycles. The van der Waals surface area contributed by atoms with E-state index in [0.717, 1.165) is 0 Å². The standard InChI is InChI=1S/C35H41ClN6O5SSi/c1-25-29(22-41(7)38-25)48(44,45)40-33(43)28-18-19-30(37-32(28)36)42-21-20-31(39-42)46-23-35(5,6)24-47-49(34(2,3)4,26-14-10-8-11-15-26)27-16-12-9-13-17-27/h8-22H,23-24H2,1-7H3,(H,40,43). The molecule has 0 aliphatic heterocycles. The first-order valence-electron chi connectivity index (χ1n) is 15.7. The Hall–Kier alpha value is -4.30. The molecule has 14 heteroatoms. The van der Waals surface area contributed by atoms with E-state index in [-0.39, 0.29) is 31.8 Å². The summed E-state index contributed by atoms with van der Waals surface area (Å²) < 4.78 is 43.7. The fraction of sp³-hybridized carbons (Fsp3) is 0.314. The number of hydrogen-bond donors (Lipinski definition) is 1. The molecule has 0 aliphatic rings. The highest BCUT2D eigenvalue weighted by atomic mass is 35.5. The van der Waals surface area contributed by atoms with E-state index < -0.39 is 24.2 Å². The summed E-state index contributed by atoms with van der Waals surface area (Å²) in [6.07, 6.45) is 2.98. The quantitative estimate of drug-likeness (QED) is 0.140. The number of amides is 1. The van der Waals surface area contributed by atoms with Crippen LogP contribution in [-0.4, -0.2) is 60.4 Å². The molecular formula is C35H41ClN6O5SSi. The van der Waals surface area contributed by atoms with Crippen molar-refractivity contribution in [3.05, 3.63) is 108 Å². The second-order valence-corrected chi connectivity index (χ2v) is 20.0. The van der Waals surface area contributed by atoms with Crippen molar-refractivity contribution >= 4 is 46.2 Å². The number of halogens is 1. The molecule has 0 radical (unpaired) electrons. The predicted molar refractivity (Wildman–Crippen MR) is 192 cm³/mol. The second-order valence-electron chi connectivity index (χ2n) is 13.7. The number of ether oxygens (including phenoxy) is 1. The summed E-state index contributed by atoms with van der Waals surface area (Å²) in [5.74, 6) is -0.229. The van der Waals surface area contributed by atoms with Gasteiger partial charge in [0.1, 0.15) is 10.0 Å². The van der Waals surface area contributed by atoms with E-state index in [0.29, 0.717) is 24.9 Å². The maximum Gasteiger partial charge on any atom is 0.268 e. The lowest BCUT2D eigenvalue weighted by molar-refractivity contribution is 0.0981. The van der Waals surface area contributed by atoms with Gasteiger partial charge in [0.05, 0.1) is 17.9 Å². The average molecular weight is 721 g/mol. The Bertz CT molecular complexity index is 2000. The van der Waals surface area contributed by atoms with Gasteiger partial charge in [0.15, 0.2) is 5.82 Å². The minimum atomic E-state index is -4.17. The number of nitrogens with zero attached hydrogens (tertiary/aromatic N) is 5. The van der Waals surface area contributed by atoms with Crippen molar-refractivity contribution < 1.29 is 22.4 Å². The molecule has 0 saturated carbocycles. The third-order valence-corrected chi connectivity index (χ3v) is 14.8. The van der Waals surface area contributed by atoms with Gasteiger partial charge >= 0.3 is 0 Å². The molecule has 49 heavy (non-hydrogen) atoms. The van der Waals surface area contributed by atoms with Gasteiger partial charge in [-0.2, -0.15) is 5.10 Å². The minimum Gasteiger partial charge on any atom is -0.476 e. The third-order valence-electron chi connectivity index (χ3n) is 8.07. The number of aromatic nitrogens is 5. The summed E-state index contributed by atoms with van der Waals surface area (Å²) in [5.41, 5.74) is -0.224. The van der Waals surface area contributed by atoms with Gasteiger partial charge in [-0.3, -0.25) is 9.48 Å². The molecule has 0 bridgehead atoms. The molecule has 5 rings (SSSR count). The number of carbonyl (C=O) groups excluding carboxylic acids is 1. The minimum absolute atomic E-state index is 0.106. The summed E-state index contributed by atoms with van der Waals surface area (Å²) in [6.45, 7) is 13.3. The number of benzene rings is 2. The maximum atomic E-state index is 12.8. The topological polar surface area (TPSA) is 130 Å². The van der Waals surface area contributed by atoms with Crippen molar-refractivity contribution in [2.45, 2.75) is 51.5 Å². The van der Waals surface area contributed by atoms with Crippen molar-refractivity contribution in [1.29, 1.82) is 0 Å². The largest absolute Gasteiger partial charge is 0.476 e. The van der Waals surface area contributed by atoms with Crippen LogP contribution in [-0.2, 0) is 21.5 Å². The van der Waals surface area contributed by atoms with Crippen LogP contribution in [0.5, 0.6) is 5.88 Å². The van der Waals surface area contributed by atoms with Gasteiger partial charge in [-0.25, -0.2) is 22.8 Å². The zero-order chi connectivity index (χ0) is 35.6. The van der Waals surface area contributed by atoms with Crippen molar-refractivity contribution in [3.8, 4) is 11.7 Å². The van der Waals surface area contributed by atoms with Crippen molar-refractivity contribution in [1.82, 2.24) is 29.3 Å². The SMILES string of the molecule is Cc1nn(C)cc1S(=O)(=O)NC(=O)c1ccc(-n2ccc(OCC(C)(C)CO[Si](c3ccccc3)(c3ccccc3)C(C)(C)C)n2)nc1Cl. The summed E-state index contributed by atoms with van der Waals surface area (Å²) in [6, 6.07) is 25.6. The zero-order valence-corrected chi connectivity index (χ0v) is 31.2. The molecule has 11 nitrogen and oxygen atoms in total. The Morgan fingerprint density at radius 3 is 2.04 bits per heavy atom. The Balaban J connectivity index is 1.27. The fourth-order valence-electron chi connectivity index (χ4n) is 5.68. The first-order chi connectivity index (χ1) is 23.0. The van der Waals surface area contributed by atoms with Gasteiger partial charge in [-0.05, 0) is 34.5 Å². The van der Waals surface area contributed by atoms with Crippen molar-refractivity contribution in [3.63, 3.8) is 0 Å². The van der Waals surface area contributed by atoms with E-state index in [2.05, 4.69) is 98.3 Å². The van der Waals surface area contributed by atoms with Gasteiger partial charge in [0.2, 0.25) is 5.88 Å². The summed E-state index contributed by atoms with van der Waals surface area (Å²) in [7, 11) is -5.30. The predicted octanol–water partition coefficient (Wildman–Crippen LogP) is 5.06. The van der Waals surface area contributed by atoms with E-state index in [9.17, 15) is 13.2 Å². The first kappa shape index (κ1) is 36.0. The number of pyridine rings is 1. The van der Waals surface area contributed by atoms with Crippen LogP contribution >= 0.6 is 11.6 Å². The van der Waals surface area contributed by atoms with Crippen molar-refractivity contribution in [2.24, 2.45) is 12.5 Å². The number of aryl methyl sites for hydroxylation is 2. The molecule has 0 aliphatic carbocycles. The van der Waals surface area contributed by atoms with Crippen LogP contribution in [0.2, 0.25) is 10.2 Å². The van der Waals surface area contributed by atoms with Crippen LogP contribution in [0.4, 0.5) is 0 Å². The molecule has 258 valence electrons. The number of carbonyl (C=O) groups is 1. The Kier molecular flexibility index (Phi) is 10.2. The van der Waals surface area contributed by atoms with Crippen LogP contribution in [0.25, 0.3) is 5.82 Å². The number of hydrogen-bond acceptors (Lipinski definition) is 8. The molecule has 0 atom stereocenters. The highest BCUT2D eigenvalue weighted by Crippen LogP contribution is 2.38. The van der Waals surface area contributed by atoms with E-state index >= 15 is 0 Å².